The van der Waals surface area contributed by atoms with E-state index in [0.29, 0.717) is 12.2 Å². The Morgan fingerprint density at radius 3 is 2.79 bits per heavy atom. The van der Waals surface area contributed by atoms with Crippen molar-refractivity contribution in [2.75, 3.05) is 5.32 Å². The van der Waals surface area contributed by atoms with Crippen LogP contribution in [0, 0.1) is 0 Å². The van der Waals surface area contributed by atoms with Gasteiger partial charge < -0.3 is 15.2 Å². The first-order valence-electron chi connectivity index (χ1n) is 7.61. The zero-order valence-electron chi connectivity index (χ0n) is 13.4. The van der Waals surface area contributed by atoms with Gasteiger partial charge in [0, 0.05) is 0 Å². The molecule has 0 saturated heterocycles. The third kappa shape index (κ3) is 4.04. The molecular weight excluding hydrogens is 336 g/mol. The average Bonchev–Trinajstić information content (AvgIpc) is 2.51. The lowest BCUT2D eigenvalue weighted by atomic mass is 10.1. The number of sulfonamides is 1. The molecule has 2 atom stereocenters. The summed E-state index contributed by atoms with van der Waals surface area (Å²) >= 11 is 0. The monoisotopic (exact) mass is 356 g/mol. The molecule has 3 N–H and O–H groups in total. The molecule has 1 amide bonds. The predicted octanol–water partition coefficient (Wildman–Crippen LogP) is 1.33. The fraction of sp³-hybridized carbons (Fsp3) is 0.467. The van der Waals surface area contributed by atoms with Gasteiger partial charge in [0.05, 0.1) is 10.6 Å². The Kier molecular flexibility index (Phi) is 5.45. The molecule has 0 bridgehead atoms. The Bertz CT molecular complexity index is 746. The molecule has 1 heterocycles. The van der Waals surface area contributed by atoms with Crippen molar-refractivity contribution in [3.63, 3.8) is 0 Å². The van der Waals surface area contributed by atoms with Crippen LogP contribution >= 0.6 is 0 Å². The van der Waals surface area contributed by atoms with Gasteiger partial charge in [0.2, 0.25) is 10.0 Å². The Labute approximate surface area is 140 Å². The Morgan fingerprint density at radius 2 is 2.17 bits per heavy atom. The van der Waals surface area contributed by atoms with Crippen LogP contribution < -0.4 is 14.8 Å². The number of aliphatic carboxylic acids is 1. The summed E-state index contributed by atoms with van der Waals surface area (Å²) in [7, 11) is -4.04. The molecule has 1 aromatic carbocycles. The van der Waals surface area contributed by atoms with Gasteiger partial charge in [-0.25, -0.2) is 8.42 Å². The molecule has 1 aromatic rings. The van der Waals surface area contributed by atoms with Crippen molar-refractivity contribution in [1.29, 1.82) is 0 Å². The normalized spacial score (nSPS) is 18.2. The van der Waals surface area contributed by atoms with Crippen LogP contribution in [0.15, 0.2) is 23.1 Å². The topological polar surface area (TPSA) is 122 Å². The number of hydrogen-bond acceptors (Lipinski definition) is 5. The van der Waals surface area contributed by atoms with Gasteiger partial charge in [-0.3, -0.25) is 9.59 Å². The van der Waals surface area contributed by atoms with E-state index in [1.807, 2.05) is 6.92 Å². The van der Waals surface area contributed by atoms with Crippen LogP contribution in [0.2, 0.25) is 0 Å². The number of unbranched alkanes of at least 4 members (excludes halogenated alkanes) is 1. The van der Waals surface area contributed by atoms with E-state index >= 15 is 0 Å². The minimum atomic E-state index is -4.04. The smallest absolute Gasteiger partial charge is 0.321 e. The second-order valence-corrected chi connectivity index (χ2v) is 7.28. The fourth-order valence-corrected chi connectivity index (χ4v) is 3.50. The van der Waals surface area contributed by atoms with E-state index in [2.05, 4.69) is 10.0 Å². The van der Waals surface area contributed by atoms with Crippen molar-refractivity contribution >= 4 is 27.6 Å². The number of anilines is 1. The van der Waals surface area contributed by atoms with Gasteiger partial charge in [-0.2, -0.15) is 4.72 Å². The Hall–Kier alpha value is -2.13. The van der Waals surface area contributed by atoms with Crippen molar-refractivity contribution in [1.82, 2.24) is 4.72 Å². The van der Waals surface area contributed by atoms with E-state index in [1.54, 1.807) is 6.92 Å². The molecule has 0 radical (unpaired) electrons. The number of rotatable bonds is 7. The first-order valence-corrected chi connectivity index (χ1v) is 9.09. The SMILES string of the molecule is CCCC[C@@H](NS(=O)(=O)c1ccc2c(c1)NC(=O)[C@@H](C)O2)C(=O)O. The number of benzene rings is 1. The van der Waals surface area contributed by atoms with Gasteiger partial charge in [0.1, 0.15) is 11.8 Å². The van der Waals surface area contributed by atoms with Crippen molar-refractivity contribution in [2.45, 2.75) is 50.2 Å². The molecule has 9 heteroatoms. The summed E-state index contributed by atoms with van der Waals surface area (Å²) in [6.07, 6.45) is 0.883. The van der Waals surface area contributed by atoms with Gasteiger partial charge in [0.25, 0.3) is 5.91 Å². The lowest BCUT2D eigenvalue weighted by Gasteiger charge is -2.24. The first-order chi connectivity index (χ1) is 11.2. The van der Waals surface area contributed by atoms with E-state index in [0.717, 1.165) is 6.42 Å². The second-order valence-electron chi connectivity index (χ2n) is 5.56. The number of hydrogen-bond donors (Lipinski definition) is 3. The zero-order valence-corrected chi connectivity index (χ0v) is 14.2. The van der Waals surface area contributed by atoms with E-state index in [-0.39, 0.29) is 22.9 Å². The number of nitrogens with one attached hydrogen (secondary N) is 2. The maximum atomic E-state index is 12.4. The van der Waals surface area contributed by atoms with Crippen molar-refractivity contribution in [3.8, 4) is 5.75 Å². The second kappa shape index (κ2) is 7.18. The molecule has 0 saturated carbocycles. The van der Waals surface area contributed by atoms with E-state index in [4.69, 9.17) is 9.84 Å². The highest BCUT2D eigenvalue weighted by Crippen LogP contribution is 2.31. The summed E-state index contributed by atoms with van der Waals surface area (Å²) in [4.78, 5) is 22.7. The standard InChI is InChI=1S/C15H20N2O6S/c1-3-4-5-11(15(19)20)17-24(21,22)10-6-7-13-12(8-10)16-14(18)9(2)23-13/h6-9,11,17H,3-5H2,1-2H3,(H,16,18)(H,19,20)/t9-,11-/m1/s1. The predicted molar refractivity (Wildman–Crippen MR) is 86.4 cm³/mol. The van der Waals surface area contributed by atoms with E-state index in [1.165, 1.54) is 18.2 Å². The average molecular weight is 356 g/mol. The molecule has 0 aromatic heterocycles. The summed E-state index contributed by atoms with van der Waals surface area (Å²) in [6.45, 7) is 3.47. The maximum absolute atomic E-state index is 12.4. The van der Waals surface area contributed by atoms with Gasteiger partial charge in [-0.15, -0.1) is 0 Å². The highest BCUT2D eigenvalue weighted by Gasteiger charge is 2.28. The number of carboxylic acid groups (broad SMARTS) is 1. The van der Waals surface area contributed by atoms with Crippen LogP contribution in [0.3, 0.4) is 0 Å². The number of carbonyl (C=O) groups excluding carboxylic acids is 1. The van der Waals surface area contributed by atoms with E-state index < -0.39 is 28.1 Å². The highest BCUT2D eigenvalue weighted by atomic mass is 32.2. The molecule has 24 heavy (non-hydrogen) atoms. The largest absolute Gasteiger partial charge is 0.480 e. The molecule has 8 nitrogen and oxygen atoms in total. The molecule has 0 unspecified atom stereocenters. The molecular formula is C15H20N2O6S. The minimum Gasteiger partial charge on any atom is -0.480 e. The van der Waals surface area contributed by atoms with Gasteiger partial charge in [-0.1, -0.05) is 19.8 Å². The van der Waals surface area contributed by atoms with E-state index in [9.17, 15) is 18.0 Å². The van der Waals surface area contributed by atoms with Gasteiger partial charge in [0.15, 0.2) is 6.10 Å². The van der Waals surface area contributed by atoms with Crippen LogP contribution in [-0.2, 0) is 19.6 Å². The molecule has 0 aliphatic carbocycles. The molecule has 0 fully saturated rings. The summed E-state index contributed by atoms with van der Waals surface area (Å²) in [5.41, 5.74) is 0.237. The quantitative estimate of drug-likeness (QED) is 0.677. The van der Waals surface area contributed by atoms with Crippen LogP contribution in [-0.4, -0.2) is 37.5 Å². The summed E-state index contributed by atoms with van der Waals surface area (Å²) in [6, 6.07) is 2.79. The molecule has 1 aliphatic rings. The van der Waals surface area contributed by atoms with Crippen molar-refractivity contribution in [2.24, 2.45) is 0 Å². The van der Waals surface area contributed by atoms with Gasteiger partial charge >= 0.3 is 5.97 Å². The molecule has 1 aliphatic heterocycles. The molecule has 2 rings (SSSR count). The van der Waals surface area contributed by atoms with Crippen LogP contribution in [0.5, 0.6) is 5.75 Å². The molecule has 0 spiro atoms. The third-order valence-electron chi connectivity index (χ3n) is 3.63. The zero-order chi connectivity index (χ0) is 17.9. The van der Waals surface area contributed by atoms with Crippen LogP contribution in [0.25, 0.3) is 0 Å². The number of carboxylic acids is 1. The first kappa shape index (κ1) is 18.2. The number of fused-ring (bicyclic) bond motifs is 1. The maximum Gasteiger partial charge on any atom is 0.321 e. The van der Waals surface area contributed by atoms with Crippen LogP contribution in [0.4, 0.5) is 5.69 Å². The lowest BCUT2D eigenvalue weighted by molar-refractivity contribution is -0.139. The minimum absolute atomic E-state index is 0.137. The fourth-order valence-electron chi connectivity index (χ4n) is 2.25. The summed E-state index contributed by atoms with van der Waals surface area (Å²) in [5, 5.41) is 11.7. The summed E-state index contributed by atoms with van der Waals surface area (Å²) < 4.78 is 32.4. The van der Waals surface area contributed by atoms with Gasteiger partial charge in [-0.05, 0) is 31.5 Å². The highest BCUT2D eigenvalue weighted by molar-refractivity contribution is 7.89. The Balaban J connectivity index is 2.25. The lowest BCUT2D eigenvalue weighted by Crippen LogP contribution is -2.40. The number of carbonyl (C=O) groups is 2. The third-order valence-corrected chi connectivity index (χ3v) is 5.10. The van der Waals surface area contributed by atoms with Crippen molar-refractivity contribution in [3.05, 3.63) is 18.2 Å². The summed E-state index contributed by atoms with van der Waals surface area (Å²) in [5.74, 6) is -1.24. The van der Waals surface area contributed by atoms with Crippen LogP contribution in [0.1, 0.15) is 33.1 Å². The molecule has 132 valence electrons. The number of amides is 1. The number of ether oxygens (including phenoxy) is 1. The Morgan fingerprint density at radius 1 is 1.46 bits per heavy atom. The van der Waals surface area contributed by atoms with Crippen molar-refractivity contribution < 1.29 is 27.9 Å².